The van der Waals surface area contributed by atoms with Crippen LogP contribution < -0.4 is 0 Å². The predicted molar refractivity (Wildman–Crippen MR) is 65.5 cm³/mol. The van der Waals surface area contributed by atoms with Crippen LogP contribution in [-0.2, 0) is 14.3 Å². The molecule has 1 atom stereocenters. The van der Waals surface area contributed by atoms with Gasteiger partial charge in [0.1, 0.15) is 0 Å². The highest BCUT2D eigenvalue weighted by Gasteiger charge is 2.22. The van der Waals surface area contributed by atoms with Crippen molar-refractivity contribution in [3.05, 3.63) is 0 Å². The topological polar surface area (TPSA) is 38.8 Å². The molecule has 0 aromatic rings. The van der Waals surface area contributed by atoms with E-state index in [1.807, 2.05) is 13.8 Å². The van der Waals surface area contributed by atoms with E-state index in [1.165, 1.54) is 6.92 Å². The fourth-order valence-electron chi connectivity index (χ4n) is 1.60. The molecule has 1 saturated heterocycles. The van der Waals surface area contributed by atoms with Crippen LogP contribution in [0.25, 0.3) is 0 Å². The van der Waals surface area contributed by atoms with Crippen LogP contribution >= 0.6 is 0 Å². The normalized spacial score (nSPS) is 19.9. The third-order valence-electron chi connectivity index (χ3n) is 2.80. The lowest BCUT2D eigenvalue weighted by Gasteiger charge is -2.25. The number of ether oxygens (including phenoxy) is 2. The molecule has 17 heavy (non-hydrogen) atoms. The molecule has 0 aromatic carbocycles. The van der Waals surface area contributed by atoms with Crippen molar-refractivity contribution in [2.75, 3.05) is 32.8 Å². The Kier molecular flexibility index (Phi) is 5.46. The molecule has 1 fully saturated rings. The maximum atomic E-state index is 11.0. The molecule has 0 N–H and O–H groups in total. The molecular formula is C13H21NO3. The van der Waals surface area contributed by atoms with Gasteiger partial charge < -0.3 is 9.47 Å². The Morgan fingerprint density at radius 1 is 1.47 bits per heavy atom. The van der Waals surface area contributed by atoms with Crippen LogP contribution in [0.2, 0.25) is 0 Å². The van der Waals surface area contributed by atoms with E-state index in [1.54, 1.807) is 0 Å². The lowest BCUT2D eigenvalue weighted by Crippen LogP contribution is -2.36. The van der Waals surface area contributed by atoms with Crippen molar-refractivity contribution < 1.29 is 14.3 Å². The largest absolute Gasteiger partial charge is 0.446 e. The molecule has 0 unspecified atom stereocenters. The quantitative estimate of drug-likeness (QED) is 0.545. The van der Waals surface area contributed by atoms with E-state index in [0.717, 1.165) is 26.3 Å². The third kappa shape index (κ3) is 5.20. The van der Waals surface area contributed by atoms with Crippen molar-refractivity contribution in [3.8, 4) is 11.8 Å². The average Bonchev–Trinajstić information content (AvgIpc) is 2.29. The summed E-state index contributed by atoms with van der Waals surface area (Å²) in [6.45, 7) is 9.33. The molecular weight excluding hydrogens is 218 g/mol. The van der Waals surface area contributed by atoms with E-state index < -0.39 is 5.60 Å². The van der Waals surface area contributed by atoms with Gasteiger partial charge >= 0.3 is 5.97 Å². The summed E-state index contributed by atoms with van der Waals surface area (Å²) < 4.78 is 10.5. The number of esters is 1. The number of hydrogen-bond acceptors (Lipinski definition) is 4. The second kappa shape index (κ2) is 6.63. The van der Waals surface area contributed by atoms with Crippen molar-refractivity contribution in [3.63, 3.8) is 0 Å². The molecule has 96 valence electrons. The molecule has 0 aliphatic carbocycles. The number of carbonyl (C=O) groups excluding carboxylic acids is 1. The molecule has 0 saturated carbocycles. The van der Waals surface area contributed by atoms with Crippen molar-refractivity contribution in [1.29, 1.82) is 0 Å². The van der Waals surface area contributed by atoms with Gasteiger partial charge in [-0.2, -0.15) is 0 Å². The second-order valence-electron chi connectivity index (χ2n) is 4.37. The Morgan fingerprint density at radius 2 is 2.12 bits per heavy atom. The SMILES string of the molecule is CC[C@](C)(C#CCN1CCOCC1)OC(C)=O. The van der Waals surface area contributed by atoms with Crippen LogP contribution in [0.1, 0.15) is 27.2 Å². The van der Waals surface area contributed by atoms with E-state index in [0.29, 0.717) is 13.0 Å². The molecule has 4 nitrogen and oxygen atoms in total. The molecule has 1 heterocycles. The smallest absolute Gasteiger partial charge is 0.304 e. The van der Waals surface area contributed by atoms with Gasteiger partial charge in [-0.15, -0.1) is 0 Å². The van der Waals surface area contributed by atoms with Gasteiger partial charge in [0.25, 0.3) is 0 Å². The molecule has 0 bridgehead atoms. The molecule has 1 rings (SSSR count). The molecule has 0 amide bonds. The number of morpholine rings is 1. The Bertz CT molecular complexity index is 312. The van der Waals surface area contributed by atoms with Crippen LogP contribution in [0.5, 0.6) is 0 Å². The summed E-state index contributed by atoms with van der Waals surface area (Å²) in [6.07, 6.45) is 0.697. The minimum atomic E-state index is -0.655. The second-order valence-corrected chi connectivity index (χ2v) is 4.37. The Morgan fingerprint density at radius 3 is 2.65 bits per heavy atom. The van der Waals surface area contributed by atoms with Crippen LogP contribution in [0.15, 0.2) is 0 Å². The minimum absolute atomic E-state index is 0.282. The van der Waals surface area contributed by atoms with Gasteiger partial charge in [-0.25, -0.2) is 0 Å². The summed E-state index contributed by atoms with van der Waals surface area (Å²) in [5.41, 5.74) is -0.655. The molecule has 1 aliphatic rings. The van der Waals surface area contributed by atoms with E-state index in [-0.39, 0.29) is 5.97 Å². The van der Waals surface area contributed by atoms with Gasteiger partial charge in [-0.1, -0.05) is 18.8 Å². The zero-order valence-corrected chi connectivity index (χ0v) is 10.9. The van der Waals surface area contributed by atoms with Gasteiger partial charge in [0.15, 0.2) is 5.60 Å². The highest BCUT2D eigenvalue weighted by Crippen LogP contribution is 2.13. The highest BCUT2D eigenvalue weighted by atomic mass is 16.6. The van der Waals surface area contributed by atoms with Crippen molar-refractivity contribution in [2.45, 2.75) is 32.8 Å². The molecule has 1 aliphatic heterocycles. The van der Waals surface area contributed by atoms with E-state index in [2.05, 4.69) is 16.7 Å². The summed E-state index contributed by atoms with van der Waals surface area (Å²) in [6, 6.07) is 0. The van der Waals surface area contributed by atoms with Gasteiger partial charge in [0, 0.05) is 20.0 Å². The molecule has 0 spiro atoms. The first-order valence-corrected chi connectivity index (χ1v) is 6.05. The van der Waals surface area contributed by atoms with Crippen LogP contribution in [0.4, 0.5) is 0 Å². The standard InChI is InChI=1S/C13H21NO3/c1-4-13(3,17-12(2)15)6-5-7-14-8-10-16-11-9-14/h4,7-11H2,1-3H3/t13-/m1/s1. The number of carbonyl (C=O) groups is 1. The summed E-state index contributed by atoms with van der Waals surface area (Å²) in [5.74, 6) is 5.86. The third-order valence-corrected chi connectivity index (χ3v) is 2.80. The predicted octanol–water partition coefficient (Wildman–Crippen LogP) is 1.05. The Labute approximate surface area is 103 Å². The highest BCUT2D eigenvalue weighted by molar-refractivity contribution is 5.67. The summed E-state index contributed by atoms with van der Waals surface area (Å²) in [7, 11) is 0. The Hall–Kier alpha value is -1.05. The zero-order valence-electron chi connectivity index (χ0n) is 10.9. The molecule has 0 radical (unpaired) electrons. The van der Waals surface area contributed by atoms with Gasteiger partial charge in [-0.05, 0) is 13.3 Å². The fraction of sp³-hybridized carbons (Fsp3) is 0.769. The van der Waals surface area contributed by atoms with E-state index >= 15 is 0 Å². The van der Waals surface area contributed by atoms with Crippen LogP contribution in [0, 0.1) is 11.8 Å². The first-order valence-electron chi connectivity index (χ1n) is 6.05. The van der Waals surface area contributed by atoms with Crippen molar-refractivity contribution in [2.24, 2.45) is 0 Å². The van der Waals surface area contributed by atoms with E-state index in [4.69, 9.17) is 9.47 Å². The zero-order chi connectivity index (χ0) is 12.7. The number of nitrogens with zero attached hydrogens (tertiary/aromatic N) is 1. The van der Waals surface area contributed by atoms with Gasteiger partial charge in [-0.3, -0.25) is 9.69 Å². The monoisotopic (exact) mass is 239 g/mol. The van der Waals surface area contributed by atoms with Crippen LogP contribution in [0.3, 0.4) is 0 Å². The number of rotatable bonds is 3. The van der Waals surface area contributed by atoms with E-state index in [9.17, 15) is 4.79 Å². The lowest BCUT2D eigenvalue weighted by atomic mass is 10.0. The van der Waals surface area contributed by atoms with Crippen LogP contribution in [-0.4, -0.2) is 49.3 Å². The van der Waals surface area contributed by atoms with Crippen molar-refractivity contribution >= 4 is 5.97 Å². The maximum absolute atomic E-state index is 11.0. The molecule has 4 heteroatoms. The summed E-state index contributed by atoms with van der Waals surface area (Å²) in [5, 5.41) is 0. The number of hydrogen-bond donors (Lipinski definition) is 0. The Balaban J connectivity index is 2.46. The molecule has 0 aromatic heterocycles. The van der Waals surface area contributed by atoms with Gasteiger partial charge in [0.05, 0.1) is 19.8 Å². The summed E-state index contributed by atoms with van der Waals surface area (Å²) >= 11 is 0. The summed E-state index contributed by atoms with van der Waals surface area (Å²) in [4.78, 5) is 13.2. The maximum Gasteiger partial charge on any atom is 0.304 e. The first kappa shape index (κ1) is 14.0. The first-order chi connectivity index (χ1) is 8.06. The fourth-order valence-corrected chi connectivity index (χ4v) is 1.60. The average molecular weight is 239 g/mol. The minimum Gasteiger partial charge on any atom is -0.446 e. The lowest BCUT2D eigenvalue weighted by molar-refractivity contribution is -0.150. The van der Waals surface area contributed by atoms with Crippen molar-refractivity contribution in [1.82, 2.24) is 4.90 Å². The van der Waals surface area contributed by atoms with Gasteiger partial charge in [0.2, 0.25) is 0 Å².